The summed E-state index contributed by atoms with van der Waals surface area (Å²) in [5, 5.41) is 0. The van der Waals surface area contributed by atoms with Crippen molar-refractivity contribution < 1.29 is 9.63 Å². The van der Waals surface area contributed by atoms with Gasteiger partial charge < -0.3 is 4.90 Å². The molecule has 0 heterocycles. The van der Waals surface area contributed by atoms with Crippen molar-refractivity contribution in [3.8, 4) is 0 Å². The molecule has 0 aliphatic heterocycles. The molecule has 0 saturated heterocycles. The van der Waals surface area contributed by atoms with Gasteiger partial charge in [-0.25, -0.2) is 0 Å². The lowest BCUT2D eigenvalue weighted by atomic mass is 10.3. The molecule has 1 aliphatic rings. The van der Waals surface area contributed by atoms with E-state index >= 15 is 0 Å². The summed E-state index contributed by atoms with van der Waals surface area (Å²) >= 11 is 0. The van der Waals surface area contributed by atoms with Gasteiger partial charge in [-0.3, -0.25) is 9.63 Å². The molecule has 0 aromatic rings. The lowest BCUT2D eigenvalue weighted by Crippen LogP contribution is -2.36. The zero-order valence-electron chi connectivity index (χ0n) is 9.08. The van der Waals surface area contributed by atoms with Gasteiger partial charge in [0.05, 0.1) is 6.10 Å². The van der Waals surface area contributed by atoms with Crippen LogP contribution >= 0.6 is 0 Å². The number of carbonyl (C=O) groups excluding carboxylic acids is 1. The highest BCUT2D eigenvalue weighted by atomic mass is 16.7. The second kappa shape index (κ2) is 5.98. The van der Waals surface area contributed by atoms with Crippen LogP contribution in [-0.4, -0.2) is 37.0 Å². The fourth-order valence-electron chi connectivity index (χ4n) is 1.54. The summed E-state index contributed by atoms with van der Waals surface area (Å²) in [6, 6.07) is 0. The van der Waals surface area contributed by atoms with Gasteiger partial charge in [0.1, 0.15) is 6.54 Å². The standard InChI is InChI=1S/C10H20N2O2/c1-3-12(2)10(13)8-11-14-9-6-4-5-7-9/h9,11H,3-8H2,1-2H3. The predicted octanol–water partition coefficient (Wildman–Crippen LogP) is 0.928. The van der Waals surface area contributed by atoms with Gasteiger partial charge in [-0.1, -0.05) is 12.8 Å². The fraction of sp³-hybridized carbons (Fsp3) is 0.900. The number of rotatable bonds is 5. The van der Waals surface area contributed by atoms with Gasteiger partial charge in [0.2, 0.25) is 5.91 Å². The first-order chi connectivity index (χ1) is 6.74. The molecule has 1 amide bonds. The van der Waals surface area contributed by atoms with Gasteiger partial charge >= 0.3 is 0 Å². The van der Waals surface area contributed by atoms with E-state index in [4.69, 9.17) is 4.84 Å². The molecule has 0 spiro atoms. The molecule has 1 fully saturated rings. The van der Waals surface area contributed by atoms with Crippen molar-refractivity contribution in [2.45, 2.75) is 38.7 Å². The second-order valence-electron chi connectivity index (χ2n) is 3.75. The molecule has 0 bridgehead atoms. The minimum absolute atomic E-state index is 0.0745. The molecule has 1 saturated carbocycles. The van der Waals surface area contributed by atoms with E-state index in [9.17, 15) is 4.79 Å². The number of carbonyl (C=O) groups is 1. The molecule has 0 radical (unpaired) electrons. The molecule has 4 nitrogen and oxygen atoms in total. The van der Waals surface area contributed by atoms with Crippen molar-refractivity contribution in [2.24, 2.45) is 0 Å². The minimum atomic E-state index is 0.0745. The molecule has 82 valence electrons. The van der Waals surface area contributed by atoms with Gasteiger partial charge in [0.15, 0.2) is 0 Å². The first-order valence-electron chi connectivity index (χ1n) is 5.36. The zero-order valence-corrected chi connectivity index (χ0v) is 9.08. The number of hydroxylamine groups is 1. The Hall–Kier alpha value is -0.610. The molecule has 1 aliphatic carbocycles. The number of nitrogens with zero attached hydrogens (tertiary/aromatic N) is 1. The average Bonchev–Trinajstić information content (AvgIpc) is 2.69. The first kappa shape index (κ1) is 11.5. The molecule has 0 aromatic heterocycles. The quantitative estimate of drug-likeness (QED) is 0.671. The second-order valence-corrected chi connectivity index (χ2v) is 3.75. The largest absolute Gasteiger partial charge is 0.345 e. The van der Waals surface area contributed by atoms with Crippen LogP contribution in [0.2, 0.25) is 0 Å². The van der Waals surface area contributed by atoms with E-state index in [1.54, 1.807) is 11.9 Å². The van der Waals surface area contributed by atoms with Crippen LogP contribution in [0.4, 0.5) is 0 Å². The van der Waals surface area contributed by atoms with Crippen LogP contribution in [0.1, 0.15) is 32.6 Å². The Kier molecular flexibility index (Phi) is 4.90. The summed E-state index contributed by atoms with van der Waals surface area (Å²) in [6.07, 6.45) is 5.04. The summed E-state index contributed by atoms with van der Waals surface area (Å²) in [5.41, 5.74) is 2.75. The van der Waals surface area contributed by atoms with E-state index < -0.39 is 0 Å². The molecule has 1 rings (SSSR count). The summed E-state index contributed by atoms with van der Waals surface area (Å²) < 4.78 is 0. The number of hydrogen-bond donors (Lipinski definition) is 1. The van der Waals surface area contributed by atoms with Gasteiger partial charge in [0, 0.05) is 13.6 Å². The maximum atomic E-state index is 11.3. The van der Waals surface area contributed by atoms with E-state index in [-0.39, 0.29) is 12.5 Å². The Bertz CT molecular complexity index is 179. The van der Waals surface area contributed by atoms with E-state index in [0.717, 1.165) is 19.4 Å². The molecule has 0 aromatic carbocycles. The van der Waals surface area contributed by atoms with Crippen molar-refractivity contribution >= 4 is 5.91 Å². The number of hydrogen-bond acceptors (Lipinski definition) is 3. The topological polar surface area (TPSA) is 41.6 Å². The molecule has 0 unspecified atom stereocenters. The smallest absolute Gasteiger partial charge is 0.238 e. The third-order valence-electron chi connectivity index (χ3n) is 2.68. The molecule has 0 atom stereocenters. The van der Waals surface area contributed by atoms with Gasteiger partial charge in [0.25, 0.3) is 0 Å². The van der Waals surface area contributed by atoms with Crippen molar-refractivity contribution in [1.29, 1.82) is 0 Å². The highest BCUT2D eigenvalue weighted by molar-refractivity contribution is 5.77. The lowest BCUT2D eigenvalue weighted by molar-refractivity contribution is -0.132. The van der Waals surface area contributed by atoms with Crippen molar-refractivity contribution in [2.75, 3.05) is 20.1 Å². The third-order valence-corrected chi connectivity index (χ3v) is 2.68. The number of amides is 1. The van der Waals surface area contributed by atoms with Crippen LogP contribution in [0, 0.1) is 0 Å². The summed E-state index contributed by atoms with van der Waals surface area (Å²) in [6.45, 7) is 2.97. The average molecular weight is 200 g/mol. The Morgan fingerprint density at radius 2 is 2.14 bits per heavy atom. The molecule has 4 heteroatoms. The van der Waals surface area contributed by atoms with E-state index in [1.807, 2.05) is 6.92 Å². The van der Waals surface area contributed by atoms with Gasteiger partial charge in [-0.2, -0.15) is 5.48 Å². The van der Waals surface area contributed by atoms with Crippen molar-refractivity contribution in [3.63, 3.8) is 0 Å². The monoisotopic (exact) mass is 200 g/mol. The Morgan fingerprint density at radius 1 is 1.50 bits per heavy atom. The van der Waals surface area contributed by atoms with Crippen molar-refractivity contribution in [3.05, 3.63) is 0 Å². The maximum absolute atomic E-state index is 11.3. The number of likely N-dealkylation sites (N-methyl/N-ethyl adjacent to an activating group) is 1. The minimum Gasteiger partial charge on any atom is -0.345 e. The van der Waals surface area contributed by atoms with E-state index in [0.29, 0.717) is 6.10 Å². The number of nitrogens with one attached hydrogen (secondary N) is 1. The Balaban J connectivity index is 2.05. The molecule has 1 N–H and O–H groups in total. The van der Waals surface area contributed by atoms with Crippen LogP contribution in [0.5, 0.6) is 0 Å². The first-order valence-corrected chi connectivity index (χ1v) is 5.36. The summed E-state index contributed by atoms with van der Waals surface area (Å²) in [5.74, 6) is 0.0745. The zero-order chi connectivity index (χ0) is 10.4. The highest BCUT2D eigenvalue weighted by Crippen LogP contribution is 2.19. The van der Waals surface area contributed by atoms with Crippen LogP contribution < -0.4 is 5.48 Å². The van der Waals surface area contributed by atoms with Crippen molar-refractivity contribution in [1.82, 2.24) is 10.4 Å². The Labute approximate surface area is 85.6 Å². The summed E-state index contributed by atoms with van der Waals surface area (Å²) in [7, 11) is 1.79. The maximum Gasteiger partial charge on any atom is 0.238 e. The fourth-order valence-corrected chi connectivity index (χ4v) is 1.54. The third kappa shape index (κ3) is 3.64. The molecular formula is C10H20N2O2. The van der Waals surface area contributed by atoms with Crippen LogP contribution in [0.3, 0.4) is 0 Å². The van der Waals surface area contributed by atoms with E-state index in [2.05, 4.69) is 5.48 Å². The Morgan fingerprint density at radius 3 is 2.71 bits per heavy atom. The molecular weight excluding hydrogens is 180 g/mol. The van der Waals surface area contributed by atoms with Crippen LogP contribution in [-0.2, 0) is 9.63 Å². The predicted molar refractivity (Wildman–Crippen MR) is 54.7 cm³/mol. The molecule has 14 heavy (non-hydrogen) atoms. The normalized spacial score (nSPS) is 17.3. The van der Waals surface area contributed by atoms with Gasteiger partial charge in [-0.05, 0) is 19.8 Å². The van der Waals surface area contributed by atoms with Crippen LogP contribution in [0.25, 0.3) is 0 Å². The van der Waals surface area contributed by atoms with Gasteiger partial charge in [-0.15, -0.1) is 0 Å². The lowest BCUT2D eigenvalue weighted by Gasteiger charge is -2.16. The van der Waals surface area contributed by atoms with Crippen LogP contribution in [0.15, 0.2) is 0 Å². The highest BCUT2D eigenvalue weighted by Gasteiger charge is 2.16. The SMILES string of the molecule is CCN(C)C(=O)CNOC1CCCC1. The summed E-state index contributed by atoms with van der Waals surface area (Å²) in [4.78, 5) is 18.4. The van der Waals surface area contributed by atoms with E-state index in [1.165, 1.54) is 12.8 Å².